The highest BCUT2D eigenvalue weighted by Crippen LogP contribution is 2.25. The summed E-state index contributed by atoms with van der Waals surface area (Å²) >= 11 is 0. The number of carbonyl (C=O) groups excluding carboxylic acids is 2. The Hall–Kier alpha value is -2.82. The van der Waals surface area contributed by atoms with Crippen LogP contribution in [-0.4, -0.2) is 60.3 Å². The average Bonchev–Trinajstić information content (AvgIpc) is 2.59. The molecule has 0 spiro atoms. The van der Waals surface area contributed by atoms with Crippen LogP contribution in [0.1, 0.15) is 43.6 Å². The molecule has 0 aliphatic carbocycles. The van der Waals surface area contributed by atoms with Crippen LogP contribution in [0.15, 0.2) is 12.3 Å². The zero-order chi connectivity index (χ0) is 19.5. The van der Waals surface area contributed by atoms with Crippen molar-refractivity contribution >= 4 is 17.9 Å². The van der Waals surface area contributed by atoms with E-state index in [4.69, 9.17) is 14.7 Å². The molecule has 0 radical (unpaired) electrons. The van der Waals surface area contributed by atoms with Crippen molar-refractivity contribution in [3.63, 3.8) is 0 Å². The minimum atomic E-state index is -0.551. The molecule has 0 aromatic carbocycles. The molecule has 1 atom stereocenters. The number of amides is 1. The highest BCUT2D eigenvalue weighted by atomic mass is 16.6. The maximum atomic E-state index is 12.3. The smallest absolute Gasteiger partial charge is 0.410 e. The topological polar surface area (TPSA) is 95.8 Å². The van der Waals surface area contributed by atoms with E-state index >= 15 is 0 Å². The van der Waals surface area contributed by atoms with Gasteiger partial charge in [0.05, 0.1) is 12.7 Å². The maximum absolute atomic E-state index is 12.3. The van der Waals surface area contributed by atoms with Gasteiger partial charge in [0.1, 0.15) is 23.1 Å². The molecular weight excluding hydrogens is 336 g/mol. The van der Waals surface area contributed by atoms with Crippen molar-refractivity contribution in [2.45, 2.75) is 39.3 Å². The predicted octanol–water partition coefficient (Wildman–Crippen LogP) is 2.19. The maximum Gasteiger partial charge on any atom is 0.410 e. The lowest BCUT2D eigenvalue weighted by molar-refractivity contribution is 0.0217. The van der Waals surface area contributed by atoms with Crippen molar-refractivity contribution in [3.8, 4) is 6.07 Å². The van der Waals surface area contributed by atoms with Crippen LogP contribution in [0.2, 0.25) is 0 Å². The van der Waals surface area contributed by atoms with Crippen LogP contribution < -0.4 is 4.90 Å². The largest absolute Gasteiger partial charge is 0.465 e. The molecule has 2 rings (SSSR count). The molecule has 2 heterocycles. The number of nitriles is 1. The monoisotopic (exact) mass is 360 g/mol. The highest BCUT2D eigenvalue weighted by molar-refractivity contribution is 5.95. The van der Waals surface area contributed by atoms with Gasteiger partial charge in [-0.15, -0.1) is 0 Å². The number of methoxy groups -OCH3 is 1. The Labute approximate surface area is 153 Å². The molecule has 140 valence electrons. The molecule has 1 aromatic rings. The fraction of sp³-hybridized carbons (Fsp3) is 0.556. The summed E-state index contributed by atoms with van der Waals surface area (Å²) in [4.78, 5) is 32.2. The first-order valence-electron chi connectivity index (χ1n) is 8.39. The van der Waals surface area contributed by atoms with E-state index in [2.05, 4.69) is 4.98 Å². The number of aromatic nitrogens is 1. The van der Waals surface area contributed by atoms with Crippen LogP contribution in [0.3, 0.4) is 0 Å². The Kier molecular flexibility index (Phi) is 5.70. The molecule has 0 N–H and O–H groups in total. The van der Waals surface area contributed by atoms with Gasteiger partial charge in [-0.1, -0.05) is 0 Å². The summed E-state index contributed by atoms with van der Waals surface area (Å²) in [6, 6.07) is 3.36. The average molecular weight is 360 g/mol. The van der Waals surface area contributed by atoms with Gasteiger partial charge < -0.3 is 19.3 Å². The predicted molar refractivity (Wildman–Crippen MR) is 94.9 cm³/mol. The minimum Gasteiger partial charge on any atom is -0.465 e. The summed E-state index contributed by atoms with van der Waals surface area (Å²) < 4.78 is 10.2. The van der Waals surface area contributed by atoms with Crippen molar-refractivity contribution in [1.29, 1.82) is 5.26 Å². The summed E-state index contributed by atoms with van der Waals surface area (Å²) in [6.07, 6.45) is 1.07. The number of esters is 1. The van der Waals surface area contributed by atoms with Gasteiger partial charge in [0, 0.05) is 31.9 Å². The zero-order valence-electron chi connectivity index (χ0n) is 15.8. The molecule has 1 fully saturated rings. The Morgan fingerprint density at radius 2 is 2.04 bits per heavy atom. The van der Waals surface area contributed by atoms with Gasteiger partial charge in [-0.25, -0.2) is 14.6 Å². The number of anilines is 1. The van der Waals surface area contributed by atoms with Gasteiger partial charge in [-0.05, 0) is 33.8 Å². The van der Waals surface area contributed by atoms with E-state index in [0.29, 0.717) is 25.5 Å². The second-order valence-electron chi connectivity index (χ2n) is 7.17. The second kappa shape index (κ2) is 7.60. The van der Waals surface area contributed by atoms with Gasteiger partial charge in [-0.3, -0.25) is 0 Å². The summed E-state index contributed by atoms with van der Waals surface area (Å²) in [7, 11) is 1.29. The quantitative estimate of drug-likeness (QED) is 0.746. The molecule has 8 heteroatoms. The molecule has 1 saturated heterocycles. The number of nitrogens with zero attached hydrogens (tertiary/aromatic N) is 4. The highest BCUT2D eigenvalue weighted by Gasteiger charge is 2.32. The fourth-order valence-corrected chi connectivity index (χ4v) is 2.77. The Morgan fingerprint density at radius 3 is 2.58 bits per heavy atom. The van der Waals surface area contributed by atoms with E-state index in [9.17, 15) is 9.59 Å². The van der Waals surface area contributed by atoms with Gasteiger partial charge >= 0.3 is 12.1 Å². The van der Waals surface area contributed by atoms with E-state index < -0.39 is 11.6 Å². The summed E-state index contributed by atoms with van der Waals surface area (Å²) in [5.74, 6) is -0.0986. The minimum absolute atomic E-state index is 0.0832. The SMILES string of the molecule is COC(=O)c1cc(C#N)cnc1N1CCN(C(=O)OC(C)(C)C)CC1C. The first-order chi connectivity index (χ1) is 12.2. The molecular formula is C18H24N4O4. The number of pyridine rings is 1. The van der Waals surface area contributed by atoms with E-state index in [-0.39, 0.29) is 23.3 Å². The van der Waals surface area contributed by atoms with Crippen LogP contribution in [0, 0.1) is 11.3 Å². The van der Waals surface area contributed by atoms with Crippen LogP contribution >= 0.6 is 0 Å². The molecule has 0 bridgehead atoms. The van der Waals surface area contributed by atoms with Gasteiger partial charge in [0.25, 0.3) is 0 Å². The second-order valence-corrected chi connectivity index (χ2v) is 7.17. The summed E-state index contributed by atoms with van der Waals surface area (Å²) in [5.41, 5.74) is -0.0252. The van der Waals surface area contributed by atoms with Crippen molar-refractivity contribution in [3.05, 3.63) is 23.4 Å². The Bertz CT molecular complexity index is 736. The molecule has 8 nitrogen and oxygen atoms in total. The first-order valence-corrected chi connectivity index (χ1v) is 8.39. The first kappa shape index (κ1) is 19.5. The van der Waals surface area contributed by atoms with E-state index in [1.807, 2.05) is 38.7 Å². The van der Waals surface area contributed by atoms with E-state index in [1.54, 1.807) is 4.90 Å². The van der Waals surface area contributed by atoms with E-state index in [1.165, 1.54) is 19.4 Å². The lowest BCUT2D eigenvalue weighted by Gasteiger charge is -2.41. The third-order valence-electron chi connectivity index (χ3n) is 3.95. The van der Waals surface area contributed by atoms with Crippen LogP contribution in [0.5, 0.6) is 0 Å². The molecule has 1 unspecified atom stereocenters. The van der Waals surface area contributed by atoms with Crippen molar-refractivity contribution in [2.24, 2.45) is 0 Å². The van der Waals surface area contributed by atoms with Gasteiger partial charge in [-0.2, -0.15) is 5.26 Å². The summed E-state index contributed by atoms with van der Waals surface area (Å²) in [6.45, 7) is 8.80. The van der Waals surface area contributed by atoms with Crippen LogP contribution in [0.4, 0.5) is 10.6 Å². The molecule has 26 heavy (non-hydrogen) atoms. The van der Waals surface area contributed by atoms with Crippen molar-refractivity contribution in [1.82, 2.24) is 9.88 Å². The van der Waals surface area contributed by atoms with Gasteiger partial charge in [0.2, 0.25) is 0 Å². The zero-order valence-corrected chi connectivity index (χ0v) is 15.8. The van der Waals surface area contributed by atoms with Crippen molar-refractivity contribution in [2.75, 3.05) is 31.6 Å². The molecule has 1 aliphatic rings. The summed E-state index contributed by atoms with van der Waals surface area (Å²) in [5, 5.41) is 9.04. The third-order valence-corrected chi connectivity index (χ3v) is 3.95. The van der Waals surface area contributed by atoms with Crippen LogP contribution in [-0.2, 0) is 9.47 Å². The Balaban J connectivity index is 2.21. The van der Waals surface area contributed by atoms with Crippen molar-refractivity contribution < 1.29 is 19.1 Å². The standard InChI is InChI=1S/C18H24N4O4/c1-12-11-21(17(24)26-18(2,3)4)6-7-22(12)15-14(16(23)25-5)8-13(9-19)10-20-15/h8,10,12H,6-7,11H2,1-5H3. The number of hydrogen-bond donors (Lipinski definition) is 0. The molecule has 1 amide bonds. The van der Waals surface area contributed by atoms with E-state index in [0.717, 1.165) is 0 Å². The van der Waals surface area contributed by atoms with Crippen LogP contribution in [0.25, 0.3) is 0 Å². The number of piperazine rings is 1. The normalized spacial score (nSPS) is 17.5. The fourth-order valence-electron chi connectivity index (χ4n) is 2.77. The third kappa shape index (κ3) is 4.42. The number of rotatable bonds is 2. The lowest BCUT2D eigenvalue weighted by atomic mass is 10.1. The van der Waals surface area contributed by atoms with Gasteiger partial charge in [0.15, 0.2) is 0 Å². The number of ether oxygens (including phenoxy) is 2. The Morgan fingerprint density at radius 1 is 1.35 bits per heavy atom. The molecule has 1 aromatic heterocycles. The molecule has 0 saturated carbocycles. The molecule has 1 aliphatic heterocycles. The number of hydrogen-bond acceptors (Lipinski definition) is 7. The number of carbonyl (C=O) groups is 2. The lowest BCUT2D eigenvalue weighted by Crippen LogP contribution is -2.55.